The third-order valence-corrected chi connectivity index (χ3v) is 3.17. The van der Waals surface area contributed by atoms with Gasteiger partial charge < -0.3 is 9.84 Å². The highest BCUT2D eigenvalue weighted by Crippen LogP contribution is 2.37. The largest absolute Gasteiger partial charge is 0.487 e. The van der Waals surface area contributed by atoms with Crippen LogP contribution in [-0.4, -0.2) is 16.9 Å². The Hall–Kier alpha value is -1.23. The SMILES string of the molecule is CC1(C)Cc2cc(C(O)CCC(F)(F)F)ccc2O1. The Morgan fingerprint density at radius 1 is 1.37 bits per heavy atom. The number of hydrogen-bond donors (Lipinski definition) is 1. The summed E-state index contributed by atoms with van der Waals surface area (Å²) in [5.74, 6) is 0.747. The molecule has 0 saturated carbocycles. The molecule has 0 saturated heterocycles. The third kappa shape index (κ3) is 3.62. The van der Waals surface area contributed by atoms with Crippen molar-refractivity contribution < 1.29 is 23.0 Å². The van der Waals surface area contributed by atoms with E-state index < -0.39 is 18.7 Å². The van der Waals surface area contributed by atoms with Crippen LogP contribution in [0.1, 0.15) is 43.9 Å². The fourth-order valence-electron chi connectivity index (χ4n) is 2.30. The summed E-state index contributed by atoms with van der Waals surface area (Å²) in [6.07, 6.45) is -5.92. The first kappa shape index (κ1) is 14.2. The summed E-state index contributed by atoms with van der Waals surface area (Å²) in [6, 6.07) is 5.09. The molecule has 0 spiro atoms. The minimum absolute atomic E-state index is 0.294. The van der Waals surface area contributed by atoms with Gasteiger partial charge in [0.1, 0.15) is 11.4 Å². The molecule has 0 fully saturated rings. The van der Waals surface area contributed by atoms with E-state index in [9.17, 15) is 18.3 Å². The number of rotatable bonds is 3. The van der Waals surface area contributed by atoms with Crippen LogP contribution >= 0.6 is 0 Å². The van der Waals surface area contributed by atoms with Crippen molar-refractivity contribution in [1.82, 2.24) is 0 Å². The van der Waals surface area contributed by atoms with E-state index in [1.165, 1.54) is 0 Å². The van der Waals surface area contributed by atoms with Crippen LogP contribution in [0, 0.1) is 0 Å². The number of fused-ring (bicyclic) bond motifs is 1. The highest BCUT2D eigenvalue weighted by Gasteiger charge is 2.31. The van der Waals surface area contributed by atoms with Gasteiger partial charge in [-0.05, 0) is 43.5 Å². The van der Waals surface area contributed by atoms with Crippen LogP contribution in [-0.2, 0) is 6.42 Å². The minimum atomic E-state index is -4.23. The highest BCUT2D eigenvalue weighted by molar-refractivity contribution is 5.42. The molecule has 0 aliphatic carbocycles. The smallest absolute Gasteiger partial charge is 0.389 e. The van der Waals surface area contributed by atoms with Gasteiger partial charge in [0.15, 0.2) is 0 Å². The Kier molecular flexibility index (Phi) is 3.51. The number of halogens is 3. The van der Waals surface area contributed by atoms with Crippen LogP contribution in [0.5, 0.6) is 5.75 Å². The maximum Gasteiger partial charge on any atom is 0.389 e. The fraction of sp³-hybridized carbons (Fsp3) is 0.571. The Morgan fingerprint density at radius 2 is 2.05 bits per heavy atom. The standard InChI is InChI=1S/C14H17F3O2/c1-13(2)8-10-7-9(3-4-12(10)19-13)11(18)5-6-14(15,16)17/h3-4,7,11,18H,5-6,8H2,1-2H3. The van der Waals surface area contributed by atoms with Gasteiger partial charge in [-0.3, -0.25) is 0 Å². The Morgan fingerprint density at radius 3 is 2.68 bits per heavy atom. The molecule has 1 aromatic carbocycles. The van der Waals surface area contributed by atoms with Crippen molar-refractivity contribution in [3.8, 4) is 5.75 Å². The summed E-state index contributed by atoms with van der Waals surface area (Å²) in [7, 11) is 0. The van der Waals surface area contributed by atoms with E-state index in [2.05, 4.69) is 0 Å². The molecule has 0 bridgehead atoms. The van der Waals surface area contributed by atoms with Gasteiger partial charge in [0, 0.05) is 12.8 Å². The van der Waals surface area contributed by atoms with Gasteiger partial charge in [-0.25, -0.2) is 0 Å². The van der Waals surface area contributed by atoms with Crippen LogP contribution in [0.25, 0.3) is 0 Å². The summed E-state index contributed by atoms with van der Waals surface area (Å²) < 4.78 is 42.0. The Balaban J connectivity index is 2.07. The van der Waals surface area contributed by atoms with Crippen molar-refractivity contribution in [3.05, 3.63) is 29.3 Å². The first-order valence-electron chi connectivity index (χ1n) is 6.23. The third-order valence-electron chi connectivity index (χ3n) is 3.17. The predicted molar refractivity (Wildman–Crippen MR) is 65.1 cm³/mol. The lowest BCUT2D eigenvalue weighted by atomic mass is 9.97. The fourth-order valence-corrected chi connectivity index (χ4v) is 2.30. The van der Waals surface area contributed by atoms with Crippen LogP contribution < -0.4 is 4.74 Å². The first-order valence-corrected chi connectivity index (χ1v) is 6.23. The molecule has 1 aliphatic heterocycles. The molecule has 1 aliphatic rings. The van der Waals surface area contributed by atoms with Crippen molar-refractivity contribution in [1.29, 1.82) is 0 Å². The number of aliphatic hydroxyl groups excluding tert-OH is 1. The molecule has 19 heavy (non-hydrogen) atoms. The van der Waals surface area contributed by atoms with E-state index in [1.807, 2.05) is 13.8 Å². The van der Waals surface area contributed by atoms with E-state index in [0.29, 0.717) is 12.0 Å². The number of hydrogen-bond acceptors (Lipinski definition) is 2. The van der Waals surface area contributed by atoms with Crippen molar-refractivity contribution in [2.24, 2.45) is 0 Å². The van der Waals surface area contributed by atoms with Crippen molar-refractivity contribution in [3.63, 3.8) is 0 Å². The number of benzene rings is 1. The molecule has 0 amide bonds. The molecule has 1 heterocycles. The monoisotopic (exact) mass is 274 g/mol. The number of alkyl halides is 3. The lowest BCUT2D eigenvalue weighted by Crippen LogP contribution is -2.24. The maximum atomic E-state index is 12.1. The Bertz CT molecular complexity index is 466. The van der Waals surface area contributed by atoms with Gasteiger partial charge >= 0.3 is 6.18 Å². The highest BCUT2D eigenvalue weighted by atomic mass is 19.4. The zero-order valence-electron chi connectivity index (χ0n) is 10.9. The van der Waals surface area contributed by atoms with Gasteiger partial charge in [-0.1, -0.05) is 6.07 Å². The second-order valence-corrected chi connectivity index (χ2v) is 5.58. The molecule has 0 radical (unpaired) electrons. The molecule has 1 unspecified atom stereocenters. The van der Waals surface area contributed by atoms with Crippen LogP contribution in [0.3, 0.4) is 0 Å². The predicted octanol–water partition coefficient (Wildman–Crippen LogP) is 3.78. The second kappa shape index (κ2) is 4.71. The maximum absolute atomic E-state index is 12.1. The second-order valence-electron chi connectivity index (χ2n) is 5.58. The quantitative estimate of drug-likeness (QED) is 0.909. The molecule has 1 aromatic rings. The van der Waals surface area contributed by atoms with Crippen molar-refractivity contribution >= 4 is 0 Å². The normalized spacial score (nSPS) is 18.8. The van der Waals surface area contributed by atoms with Crippen LogP contribution in [0.4, 0.5) is 13.2 Å². The zero-order chi connectivity index (χ0) is 14.3. The molecule has 1 N–H and O–H groups in total. The molecule has 2 nitrogen and oxygen atoms in total. The van der Waals surface area contributed by atoms with Gasteiger partial charge in [0.2, 0.25) is 0 Å². The summed E-state index contributed by atoms with van der Waals surface area (Å²) >= 11 is 0. The van der Waals surface area contributed by atoms with Gasteiger partial charge in [-0.15, -0.1) is 0 Å². The number of ether oxygens (including phenoxy) is 1. The Labute approximate surface area is 110 Å². The molecule has 106 valence electrons. The first-order chi connectivity index (χ1) is 8.66. The molecule has 5 heteroatoms. The van der Waals surface area contributed by atoms with Crippen molar-refractivity contribution in [2.75, 3.05) is 0 Å². The van der Waals surface area contributed by atoms with Crippen molar-refractivity contribution in [2.45, 2.75) is 51.0 Å². The van der Waals surface area contributed by atoms with Crippen LogP contribution in [0.15, 0.2) is 18.2 Å². The van der Waals surface area contributed by atoms with Gasteiger partial charge in [0.25, 0.3) is 0 Å². The van der Waals surface area contributed by atoms with E-state index in [-0.39, 0.29) is 12.0 Å². The van der Waals surface area contributed by atoms with Gasteiger partial charge in [-0.2, -0.15) is 13.2 Å². The average Bonchev–Trinajstić information content (AvgIpc) is 2.57. The summed E-state index contributed by atoms with van der Waals surface area (Å²) in [6.45, 7) is 3.90. The van der Waals surface area contributed by atoms with E-state index >= 15 is 0 Å². The lowest BCUT2D eigenvalue weighted by molar-refractivity contribution is -0.140. The lowest BCUT2D eigenvalue weighted by Gasteiger charge is -2.16. The molecular weight excluding hydrogens is 257 g/mol. The van der Waals surface area contributed by atoms with Gasteiger partial charge in [0.05, 0.1) is 6.10 Å². The van der Waals surface area contributed by atoms with E-state index in [0.717, 1.165) is 11.3 Å². The average molecular weight is 274 g/mol. The number of aliphatic hydroxyl groups is 1. The zero-order valence-corrected chi connectivity index (χ0v) is 10.9. The van der Waals surface area contributed by atoms with Crippen LogP contribution in [0.2, 0.25) is 0 Å². The van der Waals surface area contributed by atoms with E-state index in [4.69, 9.17) is 4.74 Å². The molecule has 1 atom stereocenters. The summed E-state index contributed by atoms with van der Waals surface area (Å²) in [4.78, 5) is 0. The molecule has 2 rings (SSSR count). The topological polar surface area (TPSA) is 29.5 Å². The summed E-state index contributed by atoms with van der Waals surface area (Å²) in [5, 5.41) is 9.80. The molecule has 0 aromatic heterocycles. The summed E-state index contributed by atoms with van der Waals surface area (Å²) in [5.41, 5.74) is 1.16. The minimum Gasteiger partial charge on any atom is -0.487 e. The molecular formula is C14H17F3O2. The van der Waals surface area contributed by atoms with E-state index in [1.54, 1.807) is 18.2 Å².